The minimum absolute atomic E-state index is 0.336. The topological polar surface area (TPSA) is 29.3 Å². The van der Waals surface area contributed by atoms with Crippen LogP contribution in [0.25, 0.3) is 0 Å². The van der Waals surface area contributed by atoms with E-state index < -0.39 is 0 Å². The average molecular weight is 238 g/mol. The van der Waals surface area contributed by atoms with Gasteiger partial charge in [-0.1, -0.05) is 33.6 Å². The van der Waals surface area contributed by atoms with Crippen molar-refractivity contribution < 1.29 is 0 Å². The zero-order valence-electron chi connectivity index (χ0n) is 11.9. The lowest BCUT2D eigenvalue weighted by Crippen LogP contribution is -2.58. The molecule has 0 aromatic heterocycles. The van der Waals surface area contributed by atoms with Crippen molar-refractivity contribution in [1.29, 1.82) is 0 Å². The second-order valence-electron chi connectivity index (χ2n) is 6.78. The Bertz CT molecular complexity index is 251. The van der Waals surface area contributed by atoms with E-state index in [2.05, 4.69) is 25.7 Å². The molecule has 3 atom stereocenters. The van der Waals surface area contributed by atoms with Gasteiger partial charge < -0.3 is 5.73 Å². The number of rotatable bonds is 3. The van der Waals surface area contributed by atoms with Crippen molar-refractivity contribution >= 4 is 0 Å². The van der Waals surface area contributed by atoms with Crippen molar-refractivity contribution in [2.24, 2.45) is 17.6 Å². The zero-order chi connectivity index (χ0) is 12.5. The van der Waals surface area contributed by atoms with Gasteiger partial charge in [-0.05, 0) is 44.1 Å². The monoisotopic (exact) mass is 238 g/mol. The molecule has 2 heteroatoms. The summed E-state index contributed by atoms with van der Waals surface area (Å²) in [7, 11) is 0. The lowest BCUT2D eigenvalue weighted by Gasteiger charge is -2.49. The van der Waals surface area contributed by atoms with Crippen molar-refractivity contribution in [2.75, 3.05) is 13.1 Å². The summed E-state index contributed by atoms with van der Waals surface area (Å²) in [5.74, 6) is 1.64. The van der Waals surface area contributed by atoms with Crippen molar-refractivity contribution in [2.45, 2.75) is 70.9 Å². The van der Waals surface area contributed by atoms with Crippen LogP contribution in [0.4, 0.5) is 0 Å². The van der Waals surface area contributed by atoms with E-state index >= 15 is 0 Å². The maximum absolute atomic E-state index is 6.20. The predicted molar refractivity (Wildman–Crippen MR) is 74.0 cm³/mol. The summed E-state index contributed by atoms with van der Waals surface area (Å²) in [6, 6.07) is 0.781. The minimum Gasteiger partial charge on any atom is -0.329 e. The van der Waals surface area contributed by atoms with Gasteiger partial charge in [-0.3, -0.25) is 4.90 Å². The van der Waals surface area contributed by atoms with Gasteiger partial charge in [0.05, 0.1) is 0 Å². The molecule has 2 fully saturated rings. The molecule has 0 aromatic rings. The molecule has 2 aliphatic rings. The second-order valence-corrected chi connectivity index (χ2v) is 6.78. The molecule has 0 radical (unpaired) electrons. The van der Waals surface area contributed by atoms with Crippen LogP contribution in [0.1, 0.15) is 59.3 Å². The Hall–Kier alpha value is -0.0800. The van der Waals surface area contributed by atoms with Crippen LogP contribution < -0.4 is 5.73 Å². The minimum atomic E-state index is 0.336. The lowest BCUT2D eigenvalue weighted by atomic mass is 9.74. The molecule has 0 bridgehead atoms. The maximum Gasteiger partial charge on any atom is 0.0337 e. The molecular formula is C15H30N2. The summed E-state index contributed by atoms with van der Waals surface area (Å²) in [5, 5.41) is 0. The summed E-state index contributed by atoms with van der Waals surface area (Å²) in [4.78, 5) is 2.80. The van der Waals surface area contributed by atoms with E-state index in [4.69, 9.17) is 5.73 Å². The number of nitrogens with two attached hydrogens (primary N) is 1. The maximum atomic E-state index is 6.20. The average Bonchev–Trinajstić information content (AvgIpc) is 2.78. The molecular weight excluding hydrogens is 208 g/mol. The van der Waals surface area contributed by atoms with Gasteiger partial charge in [0.25, 0.3) is 0 Å². The largest absolute Gasteiger partial charge is 0.329 e. The Morgan fingerprint density at radius 1 is 1.29 bits per heavy atom. The van der Waals surface area contributed by atoms with E-state index in [1.807, 2.05) is 0 Å². The second kappa shape index (κ2) is 5.27. The Morgan fingerprint density at radius 3 is 2.65 bits per heavy atom. The SMILES string of the molecule is CC1CCCC(CN)(N2CCCC2C(C)C)C1. The Kier molecular flexibility index (Phi) is 4.14. The molecule has 1 aliphatic carbocycles. The van der Waals surface area contributed by atoms with Gasteiger partial charge in [0.1, 0.15) is 0 Å². The number of likely N-dealkylation sites (tertiary alicyclic amines) is 1. The third kappa shape index (κ3) is 2.53. The van der Waals surface area contributed by atoms with E-state index in [9.17, 15) is 0 Å². The molecule has 1 saturated heterocycles. The molecule has 2 rings (SSSR count). The van der Waals surface area contributed by atoms with Crippen LogP contribution in [0, 0.1) is 11.8 Å². The van der Waals surface area contributed by atoms with Crippen molar-refractivity contribution in [3.05, 3.63) is 0 Å². The quantitative estimate of drug-likeness (QED) is 0.819. The molecule has 0 spiro atoms. The Morgan fingerprint density at radius 2 is 2.06 bits per heavy atom. The van der Waals surface area contributed by atoms with E-state index in [1.165, 1.54) is 45.1 Å². The molecule has 2 N–H and O–H groups in total. The van der Waals surface area contributed by atoms with Crippen LogP contribution in [0.2, 0.25) is 0 Å². The molecule has 2 nitrogen and oxygen atoms in total. The molecule has 100 valence electrons. The summed E-state index contributed by atoms with van der Waals surface area (Å²) >= 11 is 0. The summed E-state index contributed by atoms with van der Waals surface area (Å²) in [5.41, 5.74) is 6.54. The predicted octanol–water partition coefficient (Wildman–Crippen LogP) is 3.01. The van der Waals surface area contributed by atoms with Gasteiger partial charge in [0, 0.05) is 18.1 Å². The van der Waals surface area contributed by atoms with Crippen LogP contribution in [-0.2, 0) is 0 Å². The van der Waals surface area contributed by atoms with Gasteiger partial charge in [0.15, 0.2) is 0 Å². The number of hydrogen-bond donors (Lipinski definition) is 1. The third-order valence-corrected chi connectivity index (χ3v) is 5.13. The first-order valence-electron chi connectivity index (χ1n) is 7.56. The van der Waals surface area contributed by atoms with Crippen LogP contribution in [-0.4, -0.2) is 29.6 Å². The van der Waals surface area contributed by atoms with E-state index in [0.717, 1.165) is 24.4 Å². The Balaban J connectivity index is 2.16. The Labute approximate surface area is 107 Å². The van der Waals surface area contributed by atoms with Gasteiger partial charge in [0.2, 0.25) is 0 Å². The molecule has 3 unspecified atom stereocenters. The van der Waals surface area contributed by atoms with Gasteiger partial charge in [-0.2, -0.15) is 0 Å². The lowest BCUT2D eigenvalue weighted by molar-refractivity contribution is 0.0150. The van der Waals surface area contributed by atoms with Crippen LogP contribution in [0.5, 0.6) is 0 Å². The molecule has 0 amide bonds. The van der Waals surface area contributed by atoms with Crippen LogP contribution in [0.15, 0.2) is 0 Å². The molecule has 1 aliphatic heterocycles. The normalized spacial score (nSPS) is 40.1. The van der Waals surface area contributed by atoms with Crippen LogP contribution >= 0.6 is 0 Å². The smallest absolute Gasteiger partial charge is 0.0337 e. The van der Waals surface area contributed by atoms with Crippen molar-refractivity contribution in [3.63, 3.8) is 0 Å². The van der Waals surface area contributed by atoms with Crippen LogP contribution in [0.3, 0.4) is 0 Å². The van der Waals surface area contributed by atoms with E-state index in [0.29, 0.717) is 5.54 Å². The first-order chi connectivity index (χ1) is 8.09. The standard InChI is InChI=1S/C15H30N2/c1-12(2)14-7-5-9-17(14)15(11-16)8-4-6-13(3)10-15/h12-14H,4-11,16H2,1-3H3. The highest BCUT2D eigenvalue weighted by atomic mass is 15.3. The summed E-state index contributed by atoms with van der Waals surface area (Å²) in [6.07, 6.45) is 8.19. The number of hydrogen-bond acceptors (Lipinski definition) is 2. The molecule has 0 aromatic carbocycles. The fourth-order valence-corrected chi connectivity index (χ4v) is 4.27. The van der Waals surface area contributed by atoms with E-state index in [1.54, 1.807) is 0 Å². The number of nitrogens with zero attached hydrogens (tertiary/aromatic N) is 1. The van der Waals surface area contributed by atoms with Gasteiger partial charge in [-0.25, -0.2) is 0 Å². The molecule has 17 heavy (non-hydrogen) atoms. The zero-order valence-corrected chi connectivity index (χ0v) is 11.9. The highest BCUT2D eigenvalue weighted by molar-refractivity contribution is 5.01. The highest BCUT2D eigenvalue weighted by Gasteiger charge is 2.44. The fraction of sp³-hybridized carbons (Fsp3) is 1.00. The van der Waals surface area contributed by atoms with Crippen molar-refractivity contribution in [1.82, 2.24) is 4.90 Å². The van der Waals surface area contributed by atoms with Crippen molar-refractivity contribution in [3.8, 4) is 0 Å². The highest BCUT2D eigenvalue weighted by Crippen LogP contribution is 2.41. The van der Waals surface area contributed by atoms with E-state index in [-0.39, 0.29) is 0 Å². The first-order valence-corrected chi connectivity index (χ1v) is 7.56. The molecule has 1 saturated carbocycles. The van der Waals surface area contributed by atoms with Gasteiger partial charge in [-0.15, -0.1) is 0 Å². The first kappa shape index (κ1) is 13.4. The summed E-state index contributed by atoms with van der Waals surface area (Å²) < 4.78 is 0. The summed E-state index contributed by atoms with van der Waals surface area (Å²) in [6.45, 7) is 9.30. The van der Waals surface area contributed by atoms with Gasteiger partial charge >= 0.3 is 0 Å². The fourth-order valence-electron chi connectivity index (χ4n) is 4.27. The molecule has 1 heterocycles. The third-order valence-electron chi connectivity index (χ3n) is 5.13.